The Labute approximate surface area is 203 Å². The van der Waals surface area contributed by atoms with Gasteiger partial charge < -0.3 is 19.7 Å². The molecule has 0 aliphatic carbocycles. The van der Waals surface area contributed by atoms with Crippen LogP contribution in [0.25, 0.3) is 0 Å². The third-order valence-electron chi connectivity index (χ3n) is 6.48. The number of carbonyl (C=O) groups is 3. The van der Waals surface area contributed by atoms with E-state index < -0.39 is 6.04 Å². The molecule has 1 N–H and O–H groups in total. The van der Waals surface area contributed by atoms with Gasteiger partial charge in [0.1, 0.15) is 6.04 Å². The van der Waals surface area contributed by atoms with Gasteiger partial charge in [-0.05, 0) is 53.1 Å². The van der Waals surface area contributed by atoms with Crippen molar-refractivity contribution in [1.29, 1.82) is 0 Å². The molecule has 2 aliphatic heterocycles. The number of nitrogens with one attached hydrogen (secondary N) is 1. The van der Waals surface area contributed by atoms with Crippen molar-refractivity contribution in [2.24, 2.45) is 0 Å². The Morgan fingerprint density at radius 2 is 1.66 bits per heavy atom. The van der Waals surface area contributed by atoms with E-state index in [-0.39, 0.29) is 17.8 Å². The van der Waals surface area contributed by atoms with Gasteiger partial charge in [0.05, 0.1) is 19.9 Å². The van der Waals surface area contributed by atoms with Crippen LogP contribution in [0.3, 0.4) is 0 Å². The Hall–Kier alpha value is -4.33. The van der Waals surface area contributed by atoms with Crippen molar-refractivity contribution in [3.63, 3.8) is 0 Å². The van der Waals surface area contributed by atoms with Crippen LogP contribution < -0.4 is 19.7 Å². The largest absolute Gasteiger partial charge is 0.493 e. The monoisotopic (exact) mass is 471 g/mol. The fourth-order valence-corrected chi connectivity index (χ4v) is 4.59. The fraction of sp³-hybridized carbons (Fsp3) is 0.222. The summed E-state index contributed by atoms with van der Waals surface area (Å²) < 4.78 is 10.5. The van der Waals surface area contributed by atoms with Crippen LogP contribution >= 0.6 is 0 Å². The van der Waals surface area contributed by atoms with Crippen molar-refractivity contribution >= 4 is 23.5 Å². The highest BCUT2D eigenvalue weighted by Crippen LogP contribution is 2.33. The first-order valence-electron chi connectivity index (χ1n) is 11.3. The zero-order chi connectivity index (χ0) is 24.5. The molecule has 35 heavy (non-hydrogen) atoms. The zero-order valence-corrected chi connectivity index (χ0v) is 19.5. The summed E-state index contributed by atoms with van der Waals surface area (Å²) in [4.78, 5) is 41.7. The molecule has 0 spiro atoms. The number of ether oxygens (including phenoxy) is 2. The molecule has 2 aliphatic rings. The first-order valence-corrected chi connectivity index (χ1v) is 11.3. The first-order chi connectivity index (χ1) is 17.0. The lowest BCUT2D eigenvalue weighted by Crippen LogP contribution is -2.39. The standard InChI is InChI=1S/C27H25N3O5/c1-34-23-12-7-17(13-24(23)35-2)15-28-25(31)18-8-10-21(11-9-18)30-26(32)22-14-19-5-3-4-6-20(19)16-29(22)27(30)33/h3-13,22H,14-16H2,1-2H3,(H,28,31). The number of benzene rings is 3. The van der Waals surface area contributed by atoms with Crippen LogP contribution in [0.1, 0.15) is 27.0 Å². The molecule has 2 heterocycles. The van der Waals surface area contributed by atoms with Crippen LogP contribution in [-0.2, 0) is 24.3 Å². The minimum absolute atomic E-state index is 0.241. The Balaban J connectivity index is 1.26. The number of fused-ring (bicyclic) bond motifs is 2. The average Bonchev–Trinajstić information content (AvgIpc) is 3.14. The molecule has 0 saturated carbocycles. The number of hydrogen-bond donors (Lipinski definition) is 1. The molecule has 0 bridgehead atoms. The van der Waals surface area contributed by atoms with Crippen molar-refractivity contribution < 1.29 is 23.9 Å². The van der Waals surface area contributed by atoms with Crippen LogP contribution in [0.2, 0.25) is 0 Å². The highest BCUT2D eigenvalue weighted by molar-refractivity contribution is 6.21. The lowest BCUT2D eigenvalue weighted by Gasteiger charge is -2.28. The third-order valence-corrected chi connectivity index (χ3v) is 6.48. The van der Waals surface area contributed by atoms with Gasteiger partial charge in [-0.1, -0.05) is 30.3 Å². The number of carbonyl (C=O) groups excluding carboxylic acids is 3. The lowest BCUT2D eigenvalue weighted by molar-refractivity contribution is -0.120. The Kier molecular flexibility index (Phi) is 5.86. The molecular weight excluding hydrogens is 446 g/mol. The molecule has 8 heteroatoms. The van der Waals surface area contributed by atoms with Crippen LogP contribution in [0.5, 0.6) is 11.5 Å². The van der Waals surface area contributed by atoms with E-state index in [1.165, 1.54) is 4.90 Å². The quantitative estimate of drug-likeness (QED) is 0.556. The summed E-state index contributed by atoms with van der Waals surface area (Å²) in [6, 6.07) is 19.0. The van der Waals surface area contributed by atoms with E-state index in [0.717, 1.165) is 16.7 Å². The summed E-state index contributed by atoms with van der Waals surface area (Å²) in [7, 11) is 3.12. The number of anilines is 1. The molecule has 178 valence electrons. The summed E-state index contributed by atoms with van der Waals surface area (Å²) in [5.41, 5.74) is 3.90. The van der Waals surface area contributed by atoms with Gasteiger partial charge in [-0.15, -0.1) is 0 Å². The van der Waals surface area contributed by atoms with E-state index in [4.69, 9.17) is 9.47 Å². The van der Waals surface area contributed by atoms with E-state index in [1.807, 2.05) is 30.3 Å². The number of hydrogen-bond acceptors (Lipinski definition) is 5. The van der Waals surface area contributed by atoms with Crippen LogP contribution in [-0.4, -0.2) is 43.0 Å². The number of urea groups is 1. The lowest BCUT2D eigenvalue weighted by atomic mass is 9.95. The van der Waals surface area contributed by atoms with E-state index in [0.29, 0.717) is 42.3 Å². The predicted octanol–water partition coefficient (Wildman–Crippen LogP) is 3.53. The fourth-order valence-electron chi connectivity index (χ4n) is 4.59. The molecule has 1 saturated heterocycles. The summed E-state index contributed by atoms with van der Waals surface area (Å²) in [6.45, 7) is 0.722. The highest BCUT2D eigenvalue weighted by atomic mass is 16.5. The molecule has 0 aromatic heterocycles. The maximum Gasteiger partial charge on any atom is 0.332 e. The van der Waals surface area contributed by atoms with Gasteiger partial charge in [0.15, 0.2) is 11.5 Å². The topological polar surface area (TPSA) is 88.2 Å². The molecule has 3 aromatic carbocycles. The third kappa shape index (κ3) is 4.07. The molecule has 3 aromatic rings. The van der Waals surface area contributed by atoms with E-state index >= 15 is 0 Å². The van der Waals surface area contributed by atoms with Gasteiger partial charge in [-0.3, -0.25) is 9.59 Å². The van der Waals surface area contributed by atoms with Gasteiger partial charge in [0, 0.05) is 25.1 Å². The van der Waals surface area contributed by atoms with E-state index in [1.54, 1.807) is 55.5 Å². The molecular formula is C27H25N3O5. The van der Waals surface area contributed by atoms with Crippen molar-refractivity contribution in [2.45, 2.75) is 25.6 Å². The van der Waals surface area contributed by atoms with Gasteiger partial charge in [0.2, 0.25) is 0 Å². The van der Waals surface area contributed by atoms with Crippen molar-refractivity contribution in [3.05, 3.63) is 89.0 Å². The van der Waals surface area contributed by atoms with Gasteiger partial charge in [0.25, 0.3) is 11.8 Å². The average molecular weight is 472 g/mol. The minimum atomic E-state index is -0.498. The van der Waals surface area contributed by atoms with Crippen LogP contribution in [0.15, 0.2) is 66.7 Å². The van der Waals surface area contributed by atoms with E-state index in [2.05, 4.69) is 5.32 Å². The Morgan fingerprint density at radius 1 is 0.943 bits per heavy atom. The molecule has 0 radical (unpaired) electrons. The maximum atomic E-state index is 13.1. The highest BCUT2D eigenvalue weighted by Gasteiger charge is 2.47. The molecule has 1 unspecified atom stereocenters. The van der Waals surface area contributed by atoms with Gasteiger partial charge >= 0.3 is 6.03 Å². The smallest absolute Gasteiger partial charge is 0.332 e. The number of amides is 4. The van der Waals surface area contributed by atoms with Crippen molar-refractivity contribution in [1.82, 2.24) is 10.2 Å². The van der Waals surface area contributed by atoms with Crippen molar-refractivity contribution in [3.8, 4) is 11.5 Å². The van der Waals surface area contributed by atoms with Gasteiger partial charge in [-0.2, -0.15) is 0 Å². The molecule has 8 nitrogen and oxygen atoms in total. The minimum Gasteiger partial charge on any atom is -0.493 e. The second-order valence-electron chi connectivity index (χ2n) is 8.49. The number of nitrogens with zero attached hydrogens (tertiary/aromatic N) is 2. The predicted molar refractivity (Wildman–Crippen MR) is 130 cm³/mol. The maximum absolute atomic E-state index is 13.1. The Bertz CT molecular complexity index is 1260. The second kappa shape index (κ2) is 9.13. The van der Waals surface area contributed by atoms with E-state index in [9.17, 15) is 14.4 Å². The van der Waals surface area contributed by atoms with Crippen LogP contribution in [0, 0.1) is 0 Å². The Morgan fingerprint density at radius 3 is 2.37 bits per heavy atom. The summed E-state index contributed by atoms with van der Waals surface area (Å²) in [6.07, 6.45) is 0.508. The summed E-state index contributed by atoms with van der Waals surface area (Å²) in [5.74, 6) is 0.695. The summed E-state index contributed by atoms with van der Waals surface area (Å²) >= 11 is 0. The number of imide groups is 1. The summed E-state index contributed by atoms with van der Waals surface area (Å²) in [5, 5.41) is 2.87. The zero-order valence-electron chi connectivity index (χ0n) is 19.5. The van der Waals surface area contributed by atoms with Crippen LogP contribution in [0.4, 0.5) is 10.5 Å². The molecule has 1 atom stereocenters. The second-order valence-corrected chi connectivity index (χ2v) is 8.49. The SMILES string of the molecule is COc1ccc(CNC(=O)c2ccc(N3C(=O)C4Cc5ccccc5CN4C3=O)cc2)cc1OC. The molecule has 1 fully saturated rings. The first kappa shape index (κ1) is 22.5. The number of rotatable bonds is 6. The molecule has 4 amide bonds. The van der Waals surface area contributed by atoms with Gasteiger partial charge in [-0.25, -0.2) is 9.69 Å². The van der Waals surface area contributed by atoms with Crippen molar-refractivity contribution in [2.75, 3.05) is 19.1 Å². The molecule has 5 rings (SSSR count). The normalized spacial score (nSPS) is 16.6. The number of methoxy groups -OCH3 is 2.